The Morgan fingerprint density at radius 2 is 2.24 bits per heavy atom. The maximum Gasteiger partial charge on any atom is 0.150 e. The number of halogens is 1. The zero-order valence-corrected chi connectivity index (χ0v) is 9.98. The van der Waals surface area contributed by atoms with Crippen LogP contribution in [0.2, 0.25) is 0 Å². The van der Waals surface area contributed by atoms with Crippen LogP contribution in [0, 0.1) is 23.1 Å². The highest BCUT2D eigenvalue weighted by Gasteiger charge is 2.12. The third-order valence-electron chi connectivity index (χ3n) is 2.34. The molecule has 1 atom stereocenters. The molecule has 0 aliphatic carbocycles. The molecule has 0 saturated carbocycles. The number of ether oxygens (including phenoxy) is 1. The number of hydrogen-bond acceptors (Lipinski definition) is 3. The first kappa shape index (κ1) is 13.3. The molecule has 0 fully saturated rings. The Labute approximate surface area is 101 Å². The number of hydrogen-bond donors (Lipinski definition) is 0. The summed E-state index contributed by atoms with van der Waals surface area (Å²) in [5, 5.41) is 8.61. The molecule has 0 spiro atoms. The molecule has 90 valence electrons. The lowest BCUT2D eigenvalue weighted by molar-refractivity contribution is 0.0163. The van der Waals surface area contributed by atoms with E-state index in [9.17, 15) is 4.39 Å². The number of rotatable bonds is 5. The third-order valence-corrected chi connectivity index (χ3v) is 2.34. The minimum atomic E-state index is -0.435. The lowest BCUT2D eigenvalue weighted by atomic mass is 10.1. The summed E-state index contributed by atoms with van der Waals surface area (Å²) in [6.07, 6.45) is -0.343. The molecule has 1 unspecified atom stereocenters. The van der Waals surface area contributed by atoms with E-state index in [1.807, 2.05) is 19.9 Å². The first-order chi connectivity index (χ1) is 8.08. The minimum Gasteiger partial charge on any atom is -0.352 e. The summed E-state index contributed by atoms with van der Waals surface area (Å²) in [6.45, 7) is 7.46. The van der Waals surface area contributed by atoms with Gasteiger partial charge >= 0.3 is 0 Å². The highest BCUT2D eigenvalue weighted by molar-refractivity contribution is 5.32. The SMILES string of the molecule is C=NC(OCc1ccc(C#N)cc1F)C(C)C. The van der Waals surface area contributed by atoms with Gasteiger partial charge in [-0.2, -0.15) is 5.26 Å². The molecule has 1 aromatic carbocycles. The first-order valence-corrected chi connectivity index (χ1v) is 5.34. The minimum absolute atomic E-state index is 0.124. The molecule has 1 aromatic rings. The average molecular weight is 234 g/mol. The monoisotopic (exact) mass is 234 g/mol. The van der Waals surface area contributed by atoms with Crippen molar-refractivity contribution < 1.29 is 9.13 Å². The molecule has 0 amide bonds. The van der Waals surface area contributed by atoms with Crippen molar-refractivity contribution in [1.82, 2.24) is 0 Å². The predicted octanol–water partition coefficient (Wildman–Crippen LogP) is 2.90. The van der Waals surface area contributed by atoms with Crippen molar-refractivity contribution in [3.63, 3.8) is 0 Å². The van der Waals surface area contributed by atoms with Crippen molar-refractivity contribution in [3.8, 4) is 6.07 Å². The van der Waals surface area contributed by atoms with E-state index in [4.69, 9.17) is 10.00 Å². The molecule has 0 aliphatic heterocycles. The highest BCUT2D eigenvalue weighted by Crippen LogP contribution is 2.14. The van der Waals surface area contributed by atoms with Crippen molar-refractivity contribution >= 4 is 6.72 Å². The van der Waals surface area contributed by atoms with Crippen LogP contribution in [0.15, 0.2) is 23.2 Å². The van der Waals surface area contributed by atoms with Crippen LogP contribution in [-0.2, 0) is 11.3 Å². The zero-order valence-electron chi connectivity index (χ0n) is 9.98. The fourth-order valence-corrected chi connectivity index (χ4v) is 1.37. The normalized spacial score (nSPS) is 12.2. The van der Waals surface area contributed by atoms with Crippen molar-refractivity contribution in [2.45, 2.75) is 26.7 Å². The summed E-state index contributed by atoms with van der Waals surface area (Å²) >= 11 is 0. The number of nitrogens with zero attached hydrogens (tertiary/aromatic N) is 2. The van der Waals surface area contributed by atoms with E-state index in [1.165, 1.54) is 6.07 Å². The Morgan fingerprint density at radius 1 is 1.53 bits per heavy atom. The van der Waals surface area contributed by atoms with Crippen molar-refractivity contribution in [2.75, 3.05) is 0 Å². The fourth-order valence-electron chi connectivity index (χ4n) is 1.37. The van der Waals surface area contributed by atoms with Gasteiger partial charge in [-0.15, -0.1) is 0 Å². The molecular formula is C13H15FN2O. The van der Waals surface area contributed by atoms with Crippen molar-refractivity contribution in [2.24, 2.45) is 10.9 Å². The van der Waals surface area contributed by atoms with E-state index >= 15 is 0 Å². The van der Waals surface area contributed by atoms with Gasteiger partial charge in [0.1, 0.15) is 12.0 Å². The maximum absolute atomic E-state index is 13.5. The van der Waals surface area contributed by atoms with Crippen molar-refractivity contribution in [1.29, 1.82) is 5.26 Å². The summed E-state index contributed by atoms with van der Waals surface area (Å²) in [7, 11) is 0. The van der Waals surface area contributed by atoms with Gasteiger partial charge in [-0.1, -0.05) is 19.9 Å². The van der Waals surface area contributed by atoms with Gasteiger partial charge in [-0.3, -0.25) is 4.99 Å². The fraction of sp³-hybridized carbons (Fsp3) is 0.385. The van der Waals surface area contributed by atoms with Crippen LogP contribution in [0.5, 0.6) is 0 Å². The van der Waals surface area contributed by atoms with Gasteiger partial charge in [0.25, 0.3) is 0 Å². The molecule has 0 aromatic heterocycles. The van der Waals surface area contributed by atoms with Crippen LogP contribution in [0.25, 0.3) is 0 Å². The third kappa shape index (κ3) is 3.65. The van der Waals surface area contributed by atoms with Crippen molar-refractivity contribution in [3.05, 3.63) is 35.1 Å². The maximum atomic E-state index is 13.5. The van der Waals surface area contributed by atoms with Crippen LogP contribution < -0.4 is 0 Å². The second-order valence-corrected chi connectivity index (χ2v) is 4.05. The van der Waals surface area contributed by atoms with Crippen LogP contribution in [0.4, 0.5) is 4.39 Å². The quantitative estimate of drug-likeness (QED) is 0.735. The van der Waals surface area contributed by atoms with E-state index in [1.54, 1.807) is 12.1 Å². The lowest BCUT2D eigenvalue weighted by Crippen LogP contribution is -2.17. The Balaban J connectivity index is 2.70. The number of benzene rings is 1. The summed E-state index contributed by atoms with van der Waals surface area (Å²) in [5.41, 5.74) is 0.715. The van der Waals surface area contributed by atoms with E-state index in [-0.39, 0.29) is 18.8 Å². The molecular weight excluding hydrogens is 219 g/mol. The molecule has 0 N–H and O–H groups in total. The lowest BCUT2D eigenvalue weighted by Gasteiger charge is -2.16. The highest BCUT2D eigenvalue weighted by atomic mass is 19.1. The molecule has 0 saturated heterocycles. The molecule has 4 heteroatoms. The Kier molecular flexibility index (Phi) is 4.80. The summed E-state index contributed by atoms with van der Waals surface area (Å²) in [5.74, 6) is -0.246. The molecule has 1 rings (SSSR count). The van der Waals surface area contributed by atoms with Gasteiger partial charge in [0.2, 0.25) is 0 Å². The summed E-state index contributed by atoms with van der Waals surface area (Å²) in [4.78, 5) is 3.82. The molecule has 3 nitrogen and oxygen atoms in total. The van der Waals surface area contributed by atoms with Crippen LogP contribution in [-0.4, -0.2) is 12.9 Å². The van der Waals surface area contributed by atoms with E-state index in [0.29, 0.717) is 11.1 Å². The summed E-state index contributed by atoms with van der Waals surface area (Å²) < 4.78 is 19.0. The van der Waals surface area contributed by atoms with Gasteiger partial charge < -0.3 is 4.74 Å². The Bertz CT molecular complexity index is 438. The van der Waals surface area contributed by atoms with Crippen LogP contribution >= 0.6 is 0 Å². The van der Waals surface area contributed by atoms with Gasteiger partial charge in [-0.05, 0) is 24.8 Å². The molecule has 17 heavy (non-hydrogen) atoms. The Hall–Kier alpha value is -1.73. The zero-order chi connectivity index (χ0) is 12.8. The standard InChI is InChI=1S/C13H15FN2O/c1-9(2)13(16-3)17-8-11-5-4-10(7-15)6-12(11)14/h4-6,9,13H,3,8H2,1-2H3. The van der Waals surface area contributed by atoms with E-state index < -0.39 is 5.82 Å². The van der Waals surface area contributed by atoms with Crippen LogP contribution in [0.3, 0.4) is 0 Å². The molecule has 0 heterocycles. The smallest absolute Gasteiger partial charge is 0.150 e. The molecule has 0 bridgehead atoms. The number of nitriles is 1. The first-order valence-electron chi connectivity index (χ1n) is 5.34. The predicted molar refractivity (Wildman–Crippen MR) is 64.1 cm³/mol. The van der Waals surface area contributed by atoms with Gasteiger partial charge in [0.15, 0.2) is 0 Å². The topological polar surface area (TPSA) is 45.4 Å². The second kappa shape index (κ2) is 6.12. The molecule has 0 aliphatic rings. The Morgan fingerprint density at radius 3 is 2.71 bits per heavy atom. The second-order valence-electron chi connectivity index (χ2n) is 4.05. The summed E-state index contributed by atoms with van der Waals surface area (Å²) in [6, 6.07) is 6.19. The average Bonchev–Trinajstić information content (AvgIpc) is 2.31. The van der Waals surface area contributed by atoms with Gasteiger partial charge in [0, 0.05) is 5.56 Å². The van der Waals surface area contributed by atoms with E-state index in [2.05, 4.69) is 11.7 Å². The van der Waals surface area contributed by atoms with Gasteiger partial charge in [0.05, 0.1) is 18.2 Å². The van der Waals surface area contributed by atoms with Crippen LogP contribution in [0.1, 0.15) is 25.0 Å². The largest absolute Gasteiger partial charge is 0.352 e. The number of aliphatic imine (C=N–C) groups is 1. The molecule has 0 radical (unpaired) electrons. The van der Waals surface area contributed by atoms with E-state index in [0.717, 1.165) is 0 Å². The van der Waals surface area contributed by atoms with Gasteiger partial charge in [-0.25, -0.2) is 4.39 Å².